The average Bonchev–Trinajstić information content (AvgIpc) is 2.28. The number of benzene rings is 1. The largest absolute Gasteiger partial charge is 0.311 e. The summed E-state index contributed by atoms with van der Waals surface area (Å²) in [6.07, 6.45) is 0. The second-order valence-electron chi connectivity index (χ2n) is 4.58. The second-order valence-corrected chi connectivity index (χ2v) is 4.58. The highest BCUT2D eigenvalue weighted by Crippen LogP contribution is 2.13. The van der Waals surface area contributed by atoms with Crippen LogP contribution in [0.5, 0.6) is 0 Å². The van der Waals surface area contributed by atoms with Crippen molar-refractivity contribution in [3.05, 3.63) is 35.6 Å². The Morgan fingerprint density at radius 2 is 2.00 bits per heavy atom. The first-order chi connectivity index (χ1) is 7.66. The first-order valence-electron chi connectivity index (χ1n) is 5.88. The Balaban J connectivity index is 2.00. The number of hydrogen-bond donors (Lipinski definition) is 1. The molecule has 0 bridgehead atoms. The molecule has 88 valence electrons. The fraction of sp³-hybridized carbons (Fsp3) is 0.538. The van der Waals surface area contributed by atoms with Crippen LogP contribution in [0, 0.1) is 5.82 Å². The standard InChI is InChI=1S/C13H19FN2/c1-10-11(2)16(8-7-15-10)9-12-3-5-13(14)6-4-12/h3-6,10-11,15H,7-9H2,1-2H3/t10-,11+/m1/s1. The maximum Gasteiger partial charge on any atom is 0.123 e. The third-order valence-electron chi connectivity index (χ3n) is 3.46. The molecule has 1 aromatic rings. The van der Waals surface area contributed by atoms with Gasteiger partial charge < -0.3 is 5.32 Å². The van der Waals surface area contributed by atoms with Crippen LogP contribution in [-0.2, 0) is 6.54 Å². The molecule has 0 spiro atoms. The first-order valence-corrected chi connectivity index (χ1v) is 5.88. The minimum absolute atomic E-state index is 0.162. The van der Waals surface area contributed by atoms with Crippen molar-refractivity contribution in [2.45, 2.75) is 32.5 Å². The minimum atomic E-state index is -0.162. The van der Waals surface area contributed by atoms with Crippen molar-refractivity contribution in [2.75, 3.05) is 13.1 Å². The van der Waals surface area contributed by atoms with Gasteiger partial charge in [0.25, 0.3) is 0 Å². The van der Waals surface area contributed by atoms with Gasteiger partial charge >= 0.3 is 0 Å². The summed E-state index contributed by atoms with van der Waals surface area (Å²) in [4.78, 5) is 2.44. The topological polar surface area (TPSA) is 15.3 Å². The summed E-state index contributed by atoms with van der Waals surface area (Å²) in [5.41, 5.74) is 1.18. The van der Waals surface area contributed by atoms with Crippen molar-refractivity contribution in [3.63, 3.8) is 0 Å². The molecule has 1 aliphatic heterocycles. The van der Waals surface area contributed by atoms with E-state index in [0.717, 1.165) is 19.6 Å². The fourth-order valence-electron chi connectivity index (χ4n) is 2.17. The van der Waals surface area contributed by atoms with Crippen LogP contribution in [-0.4, -0.2) is 30.1 Å². The molecular formula is C13H19FN2. The van der Waals surface area contributed by atoms with Crippen molar-refractivity contribution in [1.29, 1.82) is 0 Å². The minimum Gasteiger partial charge on any atom is -0.311 e. The van der Waals surface area contributed by atoms with Gasteiger partial charge in [-0.2, -0.15) is 0 Å². The summed E-state index contributed by atoms with van der Waals surface area (Å²) in [5, 5.41) is 3.45. The molecule has 0 aliphatic carbocycles. The third kappa shape index (κ3) is 2.60. The Morgan fingerprint density at radius 3 is 2.69 bits per heavy atom. The lowest BCUT2D eigenvalue weighted by Crippen LogP contribution is -2.54. The fourth-order valence-corrected chi connectivity index (χ4v) is 2.17. The molecule has 0 radical (unpaired) electrons. The van der Waals surface area contributed by atoms with Gasteiger partial charge in [-0.05, 0) is 31.5 Å². The molecule has 1 heterocycles. The Kier molecular flexibility index (Phi) is 3.56. The predicted octanol–water partition coefficient (Wildman–Crippen LogP) is 2.01. The zero-order valence-corrected chi connectivity index (χ0v) is 9.91. The van der Waals surface area contributed by atoms with Gasteiger partial charge in [-0.3, -0.25) is 4.90 Å². The Morgan fingerprint density at radius 1 is 1.31 bits per heavy atom. The highest BCUT2D eigenvalue weighted by molar-refractivity contribution is 5.16. The van der Waals surface area contributed by atoms with Crippen LogP contribution < -0.4 is 5.32 Å². The molecule has 1 N–H and O–H groups in total. The van der Waals surface area contributed by atoms with Crippen LogP contribution >= 0.6 is 0 Å². The van der Waals surface area contributed by atoms with E-state index in [1.165, 1.54) is 17.7 Å². The number of halogens is 1. The van der Waals surface area contributed by atoms with E-state index in [-0.39, 0.29) is 5.82 Å². The van der Waals surface area contributed by atoms with Crippen molar-refractivity contribution in [1.82, 2.24) is 10.2 Å². The van der Waals surface area contributed by atoms with E-state index in [0.29, 0.717) is 12.1 Å². The van der Waals surface area contributed by atoms with Gasteiger partial charge in [0.05, 0.1) is 0 Å². The molecule has 2 rings (SSSR count). The van der Waals surface area contributed by atoms with E-state index >= 15 is 0 Å². The summed E-state index contributed by atoms with van der Waals surface area (Å²) in [5.74, 6) is -0.162. The number of rotatable bonds is 2. The number of nitrogens with zero attached hydrogens (tertiary/aromatic N) is 1. The lowest BCUT2D eigenvalue weighted by Gasteiger charge is -2.38. The lowest BCUT2D eigenvalue weighted by molar-refractivity contribution is 0.131. The number of hydrogen-bond acceptors (Lipinski definition) is 2. The monoisotopic (exact) mass is 222 g/mol. The molecule has 0 unspecified atom stereocenters. The van der Waals surface area contributed by atoms with Crippen LogP contribution in [0.15, 0.2) is 24.3 Å². The molecule has 0 amide bonds. The summed E-state index contributed by atoms with van der Waals surface area (Å²) in [6.45, 7) is 7.45. The van der Waals surface area contributed by atoms with E-state index in [2.05, 4.69) is 24.1 Å². The molecule has 2 atom stereocenters. The van der Waals surface area contributed by atoms with Gasteiger partial charge in [0.2, 0.25) is 0 Å². The Hall–Kier alpha value is -0.930. The zero-order chi connectivity index (χ0) is 11.5. The van der Waals surface area contributed by atoms with Crippen LogP contribution in [0.4, 0.5) is 4.39 Å². The zero-order valence-electron chi connectivity index (χ0n) is 9.91. The SMILES string of the molecule is C[C@H]1NCCN(Cc2ccc(F)cc2)[C@H]1C. The average molecular weight is 222 g/mol. The van der Waals surface area contributed by atoms with Gasteiger partial charge in [0.15, 0.2) is 0 Å². The summed E-state index contributed by atoms with van der Waals surface area (Å²) in [6, 6.07) is 7.86. The molecule has 2 nitrogen and oxygen atoms in total. The molecule has 3 heteroatoms. The van der Waals surface area contributed by atoms with Gasteiger partial charge in [0.1, 0.15) is 5.82 Å². The van der Waals surface area contributed by atoms with E-state index in [1.807, 2.05) is 12.1 Å². The molecule has 1 fully saturated rings. The van der Waals surface area contributed by atoms with E-state index in [1.54, 1.807) is 0 Å². The van der Waals surface area contributed by atoms with E-state index in [9.17, 15) is 4.39 Å². The highest BCUT2D eigenvalue weighted by atomic mass is 19.1. The molecule has 1 aromatic carbocycles. The van der Waals surface area contributed by atoms with Crippen molar-refractivity contribution in [3.8, 4) is 0 Å². The molecule has 0 aromatic heterocycles. The summed E-state index contributed by atoms with van der Waals surface area (Å²) < 4.78 is 12.8. The smallest absolute Gasteiger partial charge is 0.123 e. The molecule has 0 saturated carbocycles. The van der Waals surface area contributed by atoms with Crippen LogP contribution in [0.1, 0.15) is 19.4 Å². The van der Waals surface area contributed by atoms with Gasteiger partial charge in [0, 0.05) is 31.7 Å². The maximum absolute atomic E-state index is 12.8. The highest BCUT2D eigenvalue weighted by Gasteiger charge is 2.23. The molecule has 16 heavy (non-hydrogen) atoms. The quantitative estimate of drug-likeness (QED) is 0.823. The lowest BCUT2D eigenvalue weighted by atomic mass is 10.1. The molecular weight excluding hydrogens is 203 g/mol. The first kappa shape index (κ1) is 11.6. The Bertz CT molecular complexity index is 336. The van der Waals surface area contributed by atoms with Gasteiger partial charge in [-0.1, -0.05) is 12.1 Å². The molecule has 1 aliphatic rings. The maximum atomic E-state index is 12.8. The number of nitrogens with one attached hydrogen (secondary N) is 1. The number of piperazine rings is 1. The molecule has 1 saturated heterocycles. The van der Waals surface area contributed by atoms with Gasteiger partial charge in [-0.25, -0.2) is 4.39 Å². The third-order valence-corrected chi connectivity index (χ3v) is 3.46. The van der Waals surface area contributed by atoms with E-state index in [4.69, 9.17) is 0 Å². The van der Waals surface area contributed by atoms with Crippen molar-refractivity contribution >= 4 is 0 Å². The second kappa shape index (κ2) is 4.93. The van der Waals surface area contributed by atoms with Crippen molar-refractivity contribution in [2.24, 2.45) is 0 Å². The van der Waals surface area contributed by atoms with Crippen LogP contribution in [0.25, 0.3) is 0 Å². The van der Waals surface area contributed by atoms with Crippen LogP contribution in [0.2, 0.25) is 0 Å². The van der Waals surface area contributed by atoms with Crippen molar-refractivity contribution < 1.29 is 4.39 Å². The summed E-state index contributed by atoms with van der Waals surface area (Å²) in [7, 11) is 0. The normalized spacial score (nSPS) is 26.9. The van der Waals surface area contributed by atoms with Gasteiger partial charge in [-0.15, -0.1) is 0 Å². The summed E-state index contributed by atoms with van der Waals surface area (Å²) >= 11 is 0. The van der Waals surface area contributed by atoms with E-state index < -0.39 is 0 Å². The Labute approximate surface area is 96.5 Å². The van der Waals surface area contributed by atoms with Crippen LogP contribution in [0.3, 0.4) is 0 Å². The predicted molar refractivity (Wildman–Crippen MR) is 63.7 cm³/mol.